The number of nitrogens with one attached hydrogen (secondary N) is 1. The van der Waals surface area contributed by atoms with Gasteiger partial charge < -0.3 is 15.1 Å². The van der Waals surface area contributed by atoms with Crippen LogP contribution < -0.4 is 10.2 Å². The lowest BCUT2D eigenvalue weighted by molar-refractivity contribution is -0.125. The predicted molar refractivity (Wildman–Crippen MR) is 91.3 cm³/mol. The van der Waals surface area contributed by atoms with Gasteiger partial charge in [0, 0.05) is 43.6 Å². The van der Waals surface area contributed by atoms with Crippen LogP contribution in [0.4, 0.5) is 11.4 Å². The van der Waals surface area contributed by atoms with E-state index in [9.17, 15) is 4.79 Å². The molecule has 4 nitrogen and oxygen atoms in total. The maximum Gasteiger partial charge on any atom is 0.246 e. The molecule has 0 radical (unpaired) electrons. The number of hydrogen-bond acceptors (Lipinski definition) is 3. The molecule has 1 amide bonds. The lowest BCUT2D eigenvalue weighted by Gasteiger charge is -2.29. The van der Waals surface area contributed by atoms with Gasteiger partial charge in [-0.2, -0.15) is 0 Å². The van der Waals surface area contributed by atoms with Crippen molar-refractivity contribution in [2.24, 2.45) is 0 Å². The summed E-state index contributed by atoms with van der Waals surface area (Å²) >= 11 is 0. The van der Waals surface area contributed by atoms with Crippen LogP contribution in [0, 0.1) is 0 Å². The third kappa shape index (κ3) is 3.43. The van der Waals surface area contributed by atoms with Crippen LogP contribution in [0.1, 0.15) is 25.7 Å². The number of likely N-dealkylation sites (tertiary alicyclic amines) is 1. The molecule has 1 aromatic rings. The van der Waals surface area contributed by atoms with Crippen molar-refractivity contribution in [2.45, 2.75) is 31.7 Å². The molecule has 2 fully saturated rings. The minimum atomic E-state index is 0.0337. The highest BCUT2D eigenvalue weighted by Gasteiger charge is 2.24. The molecule has 2 heterocycles. The minimum Gasteiger partial charge on any atom is -0.380 e. The van der Waals surface area contributed by atoms with E-state index >= 15 is 0 Å². The monoisotopic (exact) mass is 299 g/mol. The fourth-order valence-corrected chi connectivity index (χ4v) is 3.39. The number of anilines is 2. The molecule has 0 aromatic heterocycles. The van der Waals surface area contributed by atoms with Crippen LogP contribution in [0.15, 0.2) is 36.9 Å². The molecule has 4 heteroatoms. The number of benzene rings is 1. The van der Waals surface area contributed by atoms with Gasteiger partial charge >= 0.3 is 0 Å². The van der Waals surface area contributed by atoms with E-state index in [0.29, 0.717) is 6.04 Å². The molecule has 0 aliphatic carbocycles. The standard InChI is InChI=1S/C18H25N3O/c1-2-18(22)21-12-9-16(14-21)19-15-7-6-8-17(13-15)20-10-4-3-5-11-20/h2,6-8,13,16,19H,1,3-5,9-12,14H2/t16-/m0/s1. The van der Waals surface area contributed by atoms with E-state index in [-0.39, 0.29) is 5.91 Å². The van der Waals surface area contributed by atoms with Crippen LogP contribution in [0.2, 0.25) is 0 Å². The predicted octanol–water partition coefficient (Wildman–Crippen LogP) is 2.88. The summed E-state index contributed by atoms with van der Waals surface area (Å²) < 4.78 is 0. The maximum absolute atomic E-state index is 11.6. The summed E-state index contributed by atoms with van der Waals surface area (Å²) in [5.41, 5.74) is 2.46. The number of carbonyl (C=O) groups excluding carboxylic acids is 1. The molecule has 1 aromatic carbocycles. The van der Waals surface area contributed by atoms with Crippen LogP contribution >= 0.6 is 0 Å². The highest BCUT2D eigenvalue weighted by atomic mass is 16.2. The van der Waals surface area contributed by atoms with E-state index in [1.54, 1.807) is 0 Å². The Labute approximate surface area is 132 Å². The first-order valence-electron chi connectivity index (χ1n) is 8.29. The Morgan fingerprint density at radius 2 is 2.05 bits per heavy atom. The van der Waals surface area contributed by atoms with Crippen molar-refractivity contribution in [3.63, 3.8) is 0 Å². The Balaban J connectivity index is 1.61. The highest BCUT2D eigenvalue weighted by Crippen LogP contribution is 2.24. The van der Waals surface area contributed by atoms with Gasteiger partial charge in [0.1, 0.15) is 0 Å². The third-order valence-electron chi connectivity index (χ3n) is 4.61. The summed E-state index contributed by atoms with van der Waals surface area (Å²) in [5.74, 6) is 0.0337. The summed E-state index contributed by atoms with van der Waals surface area (Å²) in [6, 6.07) is 9.00. The van der Waals surface area contributed by atoms with Gasteiger partial charge in [-0.25, -0.2) is 0 Å². The lowest BCUT2D eigenvalue weighted by atomic mass is 10.1. The van der Waals surface area contributed by atoms with E-state index in [1.165, 1.54) is 31.0 Å². The van der Waals surface area contributed by atoms with Crippen molar-refractivity contribution in [2.75, 3.05) is 36.4 Å². The number of carbonyl (C=O) groups is 1. The minimum absolute atomic E-state index is 0.0337. The average Bonchev–Trinajstić information content (AvgIpc) is 3.04. The Bertz CT molecular complexity index is 537. The molecule has 22 heavy (non-hydrogen) atoms. The van der Waals surface area contributed by atoms with Gasteiger partial charge in [-0.1, -0.05) is 12.6 Å². The molecule has 1 atom stereocenters. The molecule has 0 unspecified atom stereocenters. The average molecular weight is 299 g/mol. The van der Waals surface area contributed by atoms with Gasteiger partial charge in [-0.15, -0.1) is 0 Å². The number of hydrogen-bond donors (Lipinski definition) is 1. The number of amides is 1. The second-order valence-corrected chi connectivity index (χ2v) is 6.22. The molecular weight excluding hydrogens is 274 g/mol. The van der Waals surface area contributed by atoms with Crippen LogP contribution in [-0.4, -0.2) is 43.0 Å². The molecule has 118 valence electrons. The SMILES string of the molecule is C=CC(=O)N1CC[C@H](Nc2cccc(N3CCCCC3)c2)C1. The quantitative estimate of drug-likeness (QED) is 0.868. The summed E-state index contributed by atoms with van der Waals surface area (Å²) in [5, 5.41) is 3.57. The zero-order chi connectivity index (χ0) is 15.4. The van der Waals surface area contributed by atoms with Gasteiger partial charge in [0.05, 0.1) is 0 Å². The van der Waals surface area contributed by atoms with Crippen LogP contribution in [0.25, 0.3) is 0 Å². The summed E-state index contributed by atoms with van der Waals surface area (Å²) in [6.45, 7) is 7.46. The Hall–Kier alpha value is -1.97. The van der Waals surface area contributed by atoms with Crippen molar-refractivity contribution in [1.82, 2.24) is 4.90 Å². The van der Waals surface area contributed by atoms with Crippen LogP contribution in [0.5, 0.6) is 0 Å². The number of nitrogens with zero attached hydrogens (tertiary/aromatic N) is 2. The normalized spacial score (nSPS) is 21.7. The second kappa shape index (κ2) is 6.86. The van der Waals surface area contributed by atoms with Crippen molar-refractivity contribution < 1.29 is 4.79 Å². The molecule has 3 rings (SSSR count). The molecule has 0 spiro atoms. The Morgan fingerprint density at radius 1 is 1.23 bits per heavy atom. The fourth-order valence-electron chi connectivity index (χ4n) is 3.39. The number of rotatable bonds is 4. The molecule has 2 aliphatic heterocycles. The fraction of sp³-hybridized carbons (Fsp3) is 0.500. The van der Waals surface area contributed by atoms with E-state index in [1.807, 2.05) is 4.90 Å². The van der Waals surface area contributed by atoms with E-state index in [0.717, 1.165) is 38.3 Å². The van der Waals surface area contributed by atoms with Crippen molar-refractivity contribution in [1.29, 1.82) is 0 Å². The molecule has 1 N–H and O–H groups in total. The first-order valence-corrected chi connectivity index (χ1v) is 8.29. The molecule has 2 aliphatic rings. The largest absolute Gasteiger partial charge is 0.380 e. The summed E-state index contributed by atoms with van der Waals surface area (Å²) in [4.78, 5) is 16.0. The van der Waals surface area contributed by atoms with E-state index < -0.39 is 0 Å². The van der Waals surface area contributed by atoms with Gasteiger partial charge in [0.25, 0.3) is 0 Å². The van der Waals surface area contributed by atoms with Crippen molar-refractivity contribution in [3.05, 3.63) is 36.9 Å². The first-order chi connectivity index (χ1) is 10.8. The Morgan fingerprint density at radius 3 is 2.82 bits per heavy atom. The van der Waals surface area contributed by atoms with E-state index in [2.05, 4.69) is 41.1 Å². The zero-order valence-electron chi connectivity index (χ0n) is 13.1. The highest BCUT2D eigenvalue weighted by molar-refractivity contribution is 5.87. The van der Waals surface area contributed by atoms with Crippen LogP contribution in [-0.2, 0) is 4.79 Å². The number of piperidine rings is 1. The zero-order valence-corrected chi connectivity index (χ0v) is 13.1. The third-order valence-corrected chi connectivity index (χ3v) is 4.61. The smallest absolute Gasteiger partial charge is 0.246 e. The van der Waals surface area contributed by atoms with Crippen molar-refractivity contribution >= 4 is 17.3 Å². The summed E-state index contributed by atoms with van der Waals surface area (Å²) in [6.07, 6.45) is 6.33. The van der Waals surface area contributed by atoms with Crippen LogP contribution in [0.3, 0.4) is 0 Å². The molecule has 0 bridgehead atoms. The van der Waals surface area contributed by atoms with Gasteiger partial charge in [0.15, 0.2) is 0 Å². The second-order valence-electron chi connectivity index (χ2n) is 6.22. The summed E-state index contributed by atoms with van der Waals surface area (Å²) in [7, 11) is 0. The van der Waals surface area contributed by atoms with Gasteiger partial charge in [-0.05, 0) is 50.0 Å². The molecule has 0 saturated carbocycles. The topological polar surface area (TPSA) is 35.6 Å². The lowest BCUT2D eigenvalue weighted by Crippen LogP contribution is -2.30. The van der Waals surface area contributed by atoms with Crippen molar-refractivity contribution in [3.8, 4) is 0 Å². The first kappa shape index (κ1) is 14.9. The van der Waals surface area contributed by atoms with Gasteiger partial charge in [-0.3, -0.25) is 4.79 Å². The van der Waals surface area contributed by atoms with E-state index in [4.69, 9.17) is 0 Å². The van der Waals surface area contributed by atoms with Gasteiger partial charge in [0.2, 0.25) is 5.91 Å². The molecule has 2 saturated heterocycles. The Kier molecular flexibility index (Phi) is 4.66. The molecular formula is C18H25N3O. The maximum atomic E-state index is 11.6.